The van der Waals surface area contributed by atoms with Crippen LogP contribution in [0.1, 0.15) is 129 Å². The maximum atomic E-state index is 11.9. The standard InChI is InChI=1S/C31H51N3O/c1-3-5-6-7-8-9-10-11-12-13-14-15-16-17-18-19-20-21-22-23-25-31(35)32-26-24-27-34-29-28-33(4-2)30-34/h28-30H,3-12,17-27H2,1-2H3/p+1. The summed E-state index contributed by atoms with van der Waals surface area (Å²) in [6, 6.07) is 0. The first-order valence-electron chi connectivity index (χ1n) is 14.5. The van der Waals surface area contributed by atoms with Crippen LogP contribution in [-0.2, 0) is 17.9 Å². The summed E-state index contributed by atoms with van der Waals surface area (Å²) in [4.78, 5) is 11.9. The summed E-state index contributed by atoms with van der Waals surface area (Å²) in [6.07, 6.45) is 27.6. The average Bonchev–Trinajstić information content (AvgIpc) is 3.33. The topological polar surface area (TPSA) is 37.9 Å². The summed E-state index contributed by atoms with van der Waals surface area (Å²) in [7, 11) is 0. The average molecular weight is 483 g/mol. The fraction of sp³-hybridized carbons (Fsp3) is 0.742. The minimum absolute atomic E-state index is 0.194. The third-order valence-corrected chi connectivity index (χ3v) is 6.38. The highest BCUT2D eigenvalue weighted by molar-refractivity contribution is 5.75. The maximum Gasteiger partial charge on any atom is 0.243 e. The Kier molecular flexibility index (Phi) is 20.7. The second-order valence-electron chi connectivity index (χ2n) is 9.64. The summed E-state index contributed by atoms with van der Waals surface area (Å²) in [6.45, 7) is 7.10. The predicted molar refractivity (Wildman–Crippen MR) is 148 cm³/mol. The van der Waals surface area contributed by atoms with Crippen LogP contribution in [0.15, 0.2) is 18.7 Å². The van der Waals surface area contributed by atoms with Crippen LogP contribution in [0.4, 0.5) is 0 Å². The fourth-order valence-corrected chi connectivity index (χ4v) is 4.10. The Bertz CT molecular complexity index is 759. The molecule has 0 aromatic carbocycles. The van der Waals surface area contributed by atoms with Crippen molar-refractivity contribution in [3.05, 3.63) is 18.7 Å². The van der Waals surface area contributed by atoms with E-state index < -0.39 is 0 Å². The molecule has 1 aromatic rings. The minimum atomic E-state index is 0.194. The molecule has 0 saturated carbocycles. The lowest BCUT2D eigenvalue weighted by Crippen LogP contribution is -2.34. The first-order valence-corrected chi connectivity index (χ1v) is 14.5. The largest absolute Gasteiger partial charge is 0.356 e. The Morgan fingerprint density at radius 3 is 1.91 bits per heavy atom. The number of aromatic nitrogens is 2. The Balaban J connectivity index is 1.82. The molecule has 4 heteroatoms. The van der Waals surface area contributed by atoms with E-state index in [1.165, 1.54) is 70.6 Å². The van der Waals surface area contributed by atoms with Crippen LogP contribution in [0.5, 0.6) is 0 Å². The quantitative estimate of drug-likeness (QED) is 0.115. The number of unbranched alkanes of at least 4 members (excludes halogenated alkanes) is 14. The number of imidazole rings is 1. The van der Waals surface area contributed by atoms with Gasteiger partial charge in [0.05, 0.1) is 13.1 Å². The zero-order chi connectivity index (χ0) is 25.2. The number of nitrogens with zero attached hydrogens (tertiary/aromatic N) is 2. The third-order valence-electron chi connectivity index (χ3n) is 6.38. The van der Waals surface area contributed by atoms with Crippen molar-refractivity contribution in [3.63, 3.8) is 0 Å². The number of rotatable bonds is 21. The number of amides is 1. The van der Waals surface area contributed by atoms with Gasteiger partial charge in [-0.3, -0.25) is 4.79 Å². The van der Waals surface area contributed by atoms with Crippen LogP contribution < -0.4 is 9.88 Å². The first-order chi connectivity index (χ1) is 17.3. The van der Waals surface area contributed by atoms with Gasteiger partial charge in [-0.15, -0.1) is 0 Å². The highest BCUT2D eigenvalue weighted by atomic mass is 16.1. The van der Waals surface area contributed by atoms with Crippen molar-refractivity contribution in [2.45, 2.75) is 143 Å². The van der Waals surface area contributed by atoms with Crippen molar-refractivity contribution in [1.82, 2.24) is 9.88 Å². The van der Waals surface area contributed by atoms with Gasteiger partial charge in [-0.2, -0.15) is 0 Å². The van der Waals surface area contributed by atoms with Gasteiger partial charge < -0.3 is 5.32 Å². The van der Waals surface area contributed by atoms with Crippen LogP contribution in [0.2, 0.25) is 0 Å². The van der Waals surface area contributed by atoms with Gasteiger partial charge >= 0.3 is 0 Å². The van der Waals surface area contributed by atoms with Gasteiger partial charge in [-0.05, 0) is 38.0 Å². The van der Waals surface area contributed by atoms with Crippen LogP contribution >= 0.6 is 0 Å². The first kappa shape index (κ1) is 30.8. The monoisotopic (exact) mass is 482 g/mol. The van der Waals surface area contributed by atoms with Crippen molar-refractivity contribution in [2.24, 2.45) is 0 Å². The lowest BCUT2D eigenvalue weighted by molar-refractivity contribution is -0.696. The SMILES string of the molecule is CCCCCCCCCCC#CC#CCCCCCCCCC(=O)NCCC[n+]1ccn(CC)c1. The number of hydrogen-bond donors (Lipinski definition) is 1. The minimum Gasteiger partial charge on any atom is -0.356 e. The number of nitrogens with one attached hydrogen (secondary N) is 1. The molecular weight excluding hydrogens is 430 g/mol. The van der Waals surface area contributed by atoms with Crippen molar-refractivity contribution in [2.75, 3.05) is 6.54 Å². The van der Waals surface area contributed by atoms with Crippen molar-refractivity contribution < 1.29 is 9.36 Å². The molecule has 0 fully saturated rings. The fourth-order valence-electron chi connectivity index (χ4n) is 4.10. The van der Waals surface area contributed by atoms with E-state index in [1.807, 2.05) is 0 Å². The van der Waals surface area contributed by atoms with Crippen LogP contribution in [0.3, 0.4) is 0 Å². The number of hydrogen-bond acceptors (Lipinski definition) is 1. The molecule has 4 nitrogen and oxygen atoms in total. The summed E-state index contributed by atoms with van der Waals surface area (Å²) < 4.78 is 4.33. The van der Waals surface area contributed by atoms with Crippen LogP contribution in [0.25, 0.3) is 0 Å². The van der Waals surface area contributed by atoms with Gasteiger partial charge in [0, 0.05) is 32.2 Å². The van der Waals surface area contributed by atoms with E-state index >= 15 is 0 Å². The van der Waals surface area contributed by atoms with Gasteiger partial charge in [-0.25, -0.2) is 9.13 Å². The summed E-state index contributed by atoms with van der Waals surface area (Å²) in [5.41, 5.74) is 0. The second kappa shape index (κ2) is 23.5. The van der Waals surface area contributed by atoms with Gasteiger partial charge in [0.2, 0.25) is 12.2 Å². The molecule has 0 bridgehead atoms. The Labute approximate surface area is 216 Å². The van der Waals surface area contributed by atoms with E-state index in [1.54, 1.807) is 0 Å². The van der Waals surface area contributed by atoms with E-state index in [9.17, 15) is 4.79 Å². The lowest BCUT2D eigenvalue weighted by atomic mass is 10.1. The Morgan fingerprint density at radius 1 is 0.771 bits per heavy atom. The molecule has 1 aromatic heterocycles. The van der Waals surface area contributed by atoms with Crippen molar-refractivity contribution >= 4 is 5.91 Å². The third kappa shape index (κ3) is 19.8. The zero-order valence-corrected chi connectivity index (χ0v) is 22.9. The van der Waals surface area contributed by atoms with Gasteiger partial charge in [0.15, 0.2) is 0 Å². The van der Waals surface area contributed by atoms with Gasteiger partial charge in [0.1, 0.15) is 12.4 Å². The molecule has 0 radical (unpaired) electrons. The molecular formula is C31H52N3O+. The molecule has 196 valence electrons. The van der Waals surface area contributed by atoms with E-state index in [2.05, 4.69) is 70.7 Å². The highest BCUT2D eigenvalue weighted by Crippen LogP contribution is 2.09. The summed E-state index contributed by atoms with van der Waals surface area (Å²) in [5, 5.41) is 3.05. The molecule has 0 aliphatic heterocycles. The molecule has 0 aliphatic carbocycles. The van der Waals surface area contributed by atoms with Gasteiger partial charge in [0.25, 0.3) is 0 Å². The molecule has 1 heterocycles. The highest BCUT2D eigenvalue weighted by Gasteiger charge is 2.03. The number of carbonyl (C=O) groups is 1. The van der Waals surface area contributed by atoms with E-state index in [4.69, 9.17) is 0 Å². The number of carbonyl (C=O) groups excluding carboxylic acids is 1. The molecule has 1 amide bonds. The molecule has 1 N–H and O–H groups in total. The molecule has 1 rings (SSSR count). The number of aryl methyl sites for hydroxylation is 2. The molecule has 0 atom stereocenters. The summed E-state index contributed by atoms with van der Waals surface area (Å²) in [5.74, 6) is 12.6. The van der Waals surface area contributed by atoms with E-state index in [0.717, 1.165) is 58.2 Å². The van der Waals surface area contributed by atoms with Crippen molar-refractivity contribution in [3.8, 4) is 23.7 Å². The Hall–Kier alpha value is -2.20. The van der Waals surface area contributed by atoms with Crippen LogP contribution in [-0.4, -0.2) is 17.0 Å². The van der Waals surface area contributed by atoms with E-state index in [-0.39, 0.29) is 5.91 Å². The zero-order valence-electron chi connectivity index (χ0n) is 22.9. The Morgan fingerprint density at radius 2 is 1.34 bits per heavy atom. The summed E-state index contributed by atoms with van der Waals surface area (Å²) >= 11 is 0. The smallest absolute Gasteiger partial charge is 0.243 e. The van der Waals surface area contributed by atoms with Crippen LogP contribution in [0, 0.1) is 23.7 Å². The van der Waals surface area contributed by atoms with Crippen molar-refractivity contribution in [1.29, 1.82) is 0 Å². The normalized spacial score (nSPS) is 10.3. The molecule has 0 saturated heterocycles. The molecule has 0 aliphatic rings. The second-order valence-corrected chi connectivity index (χ2v) is 9.64. The predicted octanol–water partition coefficient (Wildman–Crippen LogP) is 6.96. The van der Waals surface area contributed by atoms with Gasteiger partial charge in [-0.1, -0.05) is 89.4 Å². The molecule has 0 spiro atoms. The lowest BCUT2D eigenvalue weighted by Gasteiger charge is -2.04. The van der Waals surface area contributed by atoms with E-state index in [0.29, 0.717) is 6.42 Å². The maximum absolute atomic E-state index is 11.9. The molecule has 35 heavy (non-hydrogen) atoms. The molecule has 0 unspecified atom stereocenters.